The zero-order valence-corrected chi connectivity index (χ0v) is 31.8. The molecule has 266 valence electrons. The molecule has 0 bridgehead atoms. The summed E-state index contributed by atoms with van der Waals surface area (Å²) in [4.78, 5) is 12.4. The minimum atomic E-state index is -0.0554. The van der Waals surface area contributed by atoms with Gasteiger partial charge in [0.15, 0.2) is 0 Å². The van der Waals surface area contributed by atoms with Crippen LogP contribution in [0, 0.1) is 0 Å². The van der Waals surface area contributed by atoms with Crippen LogP contribution in [0.3, 0.4) is 0 Å². The summed E-state index contributed by atoms with van der Waals surface area (Å²) in [7, 11) is 4.44. The van der Waals surface area contributed by atoms with E-state index in [9.17, 15) is 4.79 Å². The van der Waals surface area contributed by atoms with Crippen molar-refractivity contribution in [2.75, 3.05) is 20.6 Å². The van der Waals surface area contributed by atoms with Gasteiger partial charge in [0.2, 0.25) is 6.23 Å². The summed E-state index contributed by atoms with van der Waals surface area (Å²) in [5.74, 6) is 0.000341. The first-order valence-electron chi connectivity index (χ1n) is 20.0. The van der Waals surface area contributed by atoms with Crippen LogP contribution in [0.25, 0.3) is 0 Å². The van der Waals surface area contributed by atoms with Gasteiger partial charge in [0, 0.05) is 13.3 Å². The molecule has 0 saturated heterocycles. The first-order chi connectivity index (χ1) is 20.9. The van der Waals surface area contributed by atoms with E-state index in [1.807, 2.05) is 0 Å². The Morgan fingerprint density at radius 2 is 0.705 bits per heavy atom. The maximum Gasteiger partial charge on any atom is 0.310 e. The summed E-state index contributed by atoms with van der Waals surface area (Å²) >= 11 is 0. The van der Waals surface area contributed by atoms with Gasteiger partial charge in [-0.15, -0.1) is 0 Å². The molecule has 0 aliphatic rings. The topological polar surface area (TPSA) is 26.3 Å². The van der Waals surface area contributed by atoms with Crippen molar-refractivity contribution in [3.63, 3.8) is 0 Å². The Bertz CT molecular complexity index is 568. The maximum absolute atomic E-state index is 12.4. The van der Waals surface area contributed by atoms with Gasteiger partial charge < -0.3 is 17.1 Å². The largest absolute Gasteiger partial charge is 1.00 e. The van der Waals surface area contributed by atoms with Crippen molar-refractivity contribution in [1.29, 1.82) is 0 Å². The van der Waals surface area contributed by atoms with Gasteiger partial charge >= 0.3 is 5.97 Å². The summed E-state index contributed by atoms with van der Waals surface area (Å²) < 4.78 is 6.63. The van der Waals surface area contributed by atoms with E-state index in [1.54, 1.807) is 0 Å². The second-order valence-corrected chi connectivity index (χ2v) is 14.6. The fourth-order valence-electron chi connectivity index (χ4n) is 6.28. The normalized spacial score (nSPS) is 12.3. The van der Waals surface area contributed by atoms with E-state index in [2.05, 4.69) is 34.9 Å². The molecule has 0 aromatic carbocycles. The Hall–Kier alpha value is -0.280. The first-order valence-corrected chi connectivity index (χ1v) is 20.0. The van der Waals surface area contributed by atoms with Gasteiger partial charge in [0.05, 0.1) is 20.6 Å². The Labute approximate surface area is 284 Å². The summed E-state index contributed by atoms with van der Waals surface area (Å²) in [6.07, 6.45) is 43.3. The molecule has 0 amide bonds. The lowest BCUT2D eigenvalue weighted by atomic mass is 10.0. The van der Waals surface area contributed by atoms with Crippen molar-refractivity contribution in [3.8, 4) is 0 Å². The van der Waals surface area contributed by atoms with E-state index in [-0.39, 0.29) is 24.6 Å². The third kappa shape index (κ3) is 33.1. The molecular weight excluding hydrogens is 562 g/mol. The smallest absolute Gasteiger partial charge is 0.310 e. The number of ether oxygens (including phenoxy) is 1. The fourth-order valence-corrected chi connectivity index (χ4v) is 6.28. The third-order valence-electron chi connectivity index (χ3n) is 9.86. The lowest BCUT2D eigenvalue weighted by Crippen LogP contribution is -3.00. The highest BCUT2D eigenvalue weighted by atomic mass is 35.5. The van der Waals surface area contributed by atoms with Crippen molar-refractivity contribution in [2.24, 2.45) is 0 Å². The number of quaternary nitrogens is 1. The average Bonchev–Trinajstić information content (AvgIpc) is 2.98. The second-order valence-electron chi connectivity index (χ2n) is 14.6. The van der Waals surface area contributed by atoms with Crippen LogP contribution in [-0.2, 0) is 9.53 Å². The zero-order valence-electron chi connectivity index (χ0n) is 31.1. The molecule has 44 heavy (non-hydrogen) atoms. The molecule has 0 aromatic heterocycles. The van der Waals surface area contributed by atoms with E-state index < -0.39 is 0 Å². The summed E-state index contributed by atoms with van der Waals surface area (Å²) in [5, 5.41) is 0. The van der Waals surface area contributed by atoms with E-state index in [1.165, 1.54) is 193 Å². The maximum atomic E-state index is 12.4. The van der Waals surface area contributed by atoms with Crippen LogP contribution in [0.5, 0.6) is 0 Å². The van der Waals surface area contributed by atoms with E-state index in [0.717, 1.165) is 17.4 Å². The molecule has 0 heterocycles. The number of nitrogens with zero attached hydrogens (tertiary/aromatic N) is 1. The molecule has 0 aliphatic heterocycles. The number of unbranched alkanes of at least 4 members (excludes halogenated alkanes) is 29. The number of hydrogen-bond acceptors (Lipinski definition) is 2. The molecule has 0 fully saturated rings. The highest BCUT2D eigenvalue weighted by molar-refractivity contribution is 5.69. The Morgan fingerprint density at radius 1 is 0.455 bits per heavy atom. The van der Waals surface area contributed by atoms with E-state index >= 15 is 0 Å². The minimum absolute atomic E-state index is 0. The molecule has 0 spiro atoms. The van der Waals surface area contributed by atoms with Gasteiger partial charge in [-0.3, -0.25) is 9.28 Å². The van der Waals surface area contributed by atoms with Gasteiger partial charge in [0.25, 0.3) is 0 Å². The summed E-state index contributed by atoms with van der Waals surface area (Å²) in [6.45, 7) is 7.75. The standard InChI is InChI=1S/C40H82NO2.ClH/c1-6-8-10-12-14-16-18-20-22-24-26-28-30-32-34-36-38-41(4,5)39(3)43-40(42)37-35-33-31-29-27-25-23-21-19-17-15-13-11-9-7-2;/h39H,6-38H2,1-5H3;1H/q+1;/p-1. The minimum Gasteiger partial charge on any atom is -1.00 e. The lowest BCUT2D eigenvalue weighted by Gasteiger charge is -2.35. The van der Waals surface area contributed by atoms with Gasteiger partial charge in [-0.25, -0.2) is 0 Å². The highest BCUT2D eigenvalue weighted by Gasteiger charge is 2.26. The number of esters is 1. The van der Waals surface area contributed by atoms with Crippen molar-refractivity contribution in [3.05, 3.63) is 0 Å². The molecule has 3 nitrogen and oxygen atoms in total. The van der Waals surface area contributed by atoms with Gasteiger partial charge in [-0.05, 0) is 19.3 Å². The molecule has 1 unspecified atom stereocenters. The number of rotatable bonds is 35. The van der Waals surface area contributed by atoms with Crippen LogP contribution < -0.4 is 12.4 Å². The molecule has 0 rings (SSSR count). The SMILES string of the molecule is CCCCCCCCCCCCCCCCCC[N+](C)(C)C(C)OC(=O)CCCCCCCCCCCCCCCCC.[Cl-]. The predicted octanol–water partition coefficient (Wildman–Crippen LogP) is 10.5. The van der Waals surface area contributed by atoms with Crippen LogP contribution >= 0.6 is 0 Å². The van der Waals surface area contributed by atoms with Crippen molar-refractivity contribution < 1.29 is 26.4 Å². The molecule has 0 saturated carbocycles. The Kier molecular flexibility index (Phi) is 37.1. The van der Waals surface area contributed by atoms with Gasteiger partial charge in [-0.2, -0.15) is 0 Å². The van der Waals surface area contributed by atoms with Crippen LogP contribution in [0.15, 0.2) is 0 Å². The summed E-state index contributed by atoms with van der Waals surface area (Å²) in [5.41, 5.74) is 0. The first kappa shape index (κ1) is 45.8. The number of carbonyl (C=O) groups is 1. The molecular formula is C40H82ClNO2. The van der Waals surface area contributed by atoms with Crippen LogP contribution in [0.2, 0.25) is 0 Å². The molecule has 0 radical (unpaired) electrons. The highest BCUT2D eigenvalue weighted by Crippen LogP contribution is 2.17. The fraction of sp³-hybridized carbons (Fsp3) is 0.975. The van der Waals surface area contributed by atoms with Crippen molar-refractivity contribution >= 4 is 5.97 Å². The molecule has 0 aromatic rings. The number of hydrogen-bond donors (Lipinski definition) is 0. The molecule has 4 heteroatoms. The van der Waals surface area contributed by atoms with Crippen LogP contribution in [0.4, 0.5) is 0 Å². The third-order valence-corrected chi connectivity index (χ3v) is 9.86. The Balaban J connectivity index is 0. The average molecular weight is 645 g/mol. The molecule has 0 aliphatic carbocycles. The second kappa shape index (κ2) is 35.6. The quantitative estimate of drug-likeness (QED) is 0.0297. The van der Waals surface area contributed by atoms with Crippen molar-refractivity contribution in [1.82, 2.24) is 0 Å². The van der Waals surface area contributed by atoms with E-state index in [0.29, 0.717) is 6.42 Å². The molecule has 0 N–H and O–H groups in total. The van der Waals surface area contributed by atoms with Gasteiger partial charge in [0.1, 0.15) is 0 Å². The van der Waals surface area contributed by atoms with Crippen molar-refractivity contribution in [2.45, 2.75) is 232 Å². The van der Waals surface area contributed by atoms with Gasteiger partial charge in [-0.1, -0.05) is 194 Å². The van der Waals surface area contributed by atoms with E-state index in [4.69, 9.17) is 4.74 Å². The lowest BCUT2D eigenvalue weighted by molar-refractivity contribution is -0.932. The summed E-state index contributed by atoms with van der Waals surface area (Å²) in [6, 6.07) is 0. The monoisotopic (exact) mass is 644 g/mol. The number of halogens is 1. The van der Waals surface area contributed by atoms with Crippen LogP contribution in [-0.4, -0.2) is 37.3 Å². The zero-order chi connectivity index (χ0) is 31.7. The van der Waals surface area contributed by atoms with Crippen LogP contribution in [0.1, 0.15) is 226 Å². The Morgan fingerprint density at radius 3 is 1.00 bits per heavy atom. The molecule has 1 atom stereocenters. The number of carbonyl (C=O) groups excluding carboxylic acids is 1. The predicted molar refractivity (Wildman–Crippen MR) is 192 cm³/mol.